The van der Waals surface area contributed by atoms with Gasteiger partial charge in [0.25, 0.3) is 23.1 Å². The highest BCUT2D eigenvalue weighted by Crippen LogP contribution is 2.21. The van der Waals surface area contributed by atoms with Crippen molar-refractivity contribution in [1.29, 1.82) is 0 Å². The van der Waals surface area contributed by atoms with E-state index in [0.29, 0.717) is 24.3 Å². The molecule has 0 saturated heterocycles. The van der Waals surface area contributed by atoms with E-state index in [1.165, 1.54) is 42.9 Å². The monoisotopic (exact) mass is 435 g/mol. The lowest BCUT2D eigenvalue weighted by Crippen LogP contribution is -2.33. The zero-order chi connectivity index (χ0) is 22.7. The van der Waals surface area contributed by atoms with Crippen molar-refractivity contribution >= 4 is 23.3 Å². The third-order valence-corrected chi connectivity index (χ3v) is 4.99. The molecule has 11 nitrogen and oxygen atoms in total. The Kier molecular flexibility index (Phi) is 5.81. The Bertz CT molecular complexity index is 1250. The van der Waals surface area contributed by atoms with Crippen LogP contribution in [-0.2, 0) is 17.6 Å². The van der Waals surface area contributed by atoms with Crippen molar-refractivity contribution in [1.82, 2.24) is 14.5 Å². The second kappa shape index (κ2) is 8.86. The Morgan fingerprint density at radius 3 is 2.56 bits per heavy atom. The number of fused-ring (bicyclic) bond motifs is 1. The van der Waals surface area contributed by atoms with E-state index in [0.717, 1.165) is 10.6 Å². The van der Waals surface area contributed by atoms with E-state index >= 15 is 0 Å². The lowest BCUT2D eigenvalue weighted by molar-refractivity contribution is -0.384. The maximum Gasteiger partial charge on any atom is 0.269 e. The molecular weight excluding hydrogens is 418 g/mol. The second-order valence-electron chi connectivity index (χ2n) is 6.92. The Balaban J connectivity index is 1.77. The maximum atomic E-state index is 13.1. The van der Waals surface area contributed by atoms with Crippen LogP contribution in [0.5, 0.6) is 0 Å². The first-order valence-electron chi connectivity index (χ1n) is 9.68. The van der Waals surface area contributed by atoms with Crippen molar-refractivity contribution in [2.24, 2.45) is 0 Å². The fourth-order valence-electron chi connectivity index (χ4n) is 3.51. The van der Waals surface area contributed by atoms with Crippen molar-refractivity contribution in [2.45, 2.75) is 12.8 Å². The van der Waals surface area contributed by atoms with Gasteiger partial charge in [0.1, 0.15) is 0 Å². The number of nitrogens with zero attached hydrogens (tertiary/aromatic N) is 4. The van der Waals surface area contributed by atoms with Crippen molar-refractivity contribution in [3.8, 4) is 0 Å². The lowest BCUT2D eigenvalue weighted by atomic mass is 10.0. The standard InChI is InChI=1S/C21H17N5O6/c27-19-11-16(20(28)24-18-12-22-7-8-23-18)15-5-9-32-10-6-17(15)25(19)21(29)13-1-3-14(4-2-13)26(30)31/h1-4,7-8,11-12H,5-6,9-10H2,(H,23,24,28). The molecule has 1 aliphatic rings. The molecule has 3 aromatic rings. The van der Waals surface area contributed by atoms with Crippen LogP contribution in [0.2, 0.25) is 0 Å². The van der Waals surface area contributed by atoms with Crippen LogP contribution in [0.1, 0.15) is 32.0 Å². The molecule has 0 radical (unpaired) electrons. The summed E-state index contributed by atoms with van der Waals surface area (Å²) in [7, 11) is 0. The predicted octanol–water partition coefficient (Wildman–Crippen LogP) is 1.60. The summed E-state index contributed by atoms with van der Waals surface area (Å²) in [5, 5.41) is 13.5. The molecule has 1 aromatic carbocycles. The van der Waals surface area contributed by atoms with E-state index in [2.05, 4.69) is 15.3 Å². The van der Waals surface area contributed by atoms with Gasteiger partial charge in [-0.25, -0.2) is 9.55 Å². The number of non-ortho nitro benzene ring substituents is 1. The van der Waals surface area contributed by atoms with Crippen LogP contribution in [0.15, 0.2) is 53.7 Å². The van der Waals surface area contributed by atoms with Gasteiger partial charge in [0.2, 0.25) is 0 Å². The number of nitrogens with one attached hydrogen (secondary N) is 1. The molecule has 1 N–H and O–H groups in total. The van der Waals surface area contributed by atoms with Gasteiger partial charge in [-0.05, 0) is 24.1 Å². The number of pyridine rings is 1. The van der Waals surface area contributed by atoms with Crippen LogP contribution in [0, 0.1) is 10.1 Å². The van der Waals surface area contributed by atoms with Gasteiger partial charge in [0.15, 0.2) is 5.82 Å². The van der Waals surface area contributed by atoms with E-state index in [1.807, 2.05) is 0 Å². The van der Waals surface area contributed by atoms with Crippen LogP contribution in [0.25, 0.3) is 0 Å². The minimum absolute atomic E-state index is 0.113. The summed E-state index contributed by atoms with van der Waals surface area (Å²) in [5.74, 6) is -0.957. The minimum atomic E-state index is -0.682. The highest BCUT2D eigenvalue weighted by atomic mass is 16.6. The third kappa shape index (κ3) is 4.14. The molecule has 0 spiro atoms. The Hall–Kier alpha value is -4.25. The molecule has 0 saturated carbocycles. The van der Waals surface area contributed by atoms with Gasteiger partial charge in [-0.1, -0.05) is 0 Å². The van der Waals surface area contributed by atoms with Gasteiger partial charge in [-0.3, -0.25) is 29.5 Å². The number of aromatic nitrogens is 3. The van der Waals surface area contributed by atoms with Crippen molar-refractivity contribution in [3.63, 3.8) is 0 Å². The van der Waals surface area contributed by atoms with E-state index in [-0.39, 0.29) is 35.7 Å². The highest BCUT2D eigenvalue weighted by molar-refractivity contribution is 6.05. The van der Waals surface area contributed by atoms with Crippen LogP contribution >= 0.6 is 0 Å². The fourth-order valence-corrected chi connectivity index (χ4v) is 3.51. The minimum Gasteiger partial charge on any atom is -0.381 e. The van der Waals surface area contributed by atoms with Crippen molar-refractivity contribution in [2.75, 3.05) is 18.5 Å². The number of benzene rings is 1. The number of ether oxygens (including phenoxy) is 1. The SMILES string of the molecule is O=C(Nc1cnccn1)c1cc(=O)n(C(=O)c2ccc([N+](=O)[O-])cc2)c2c1CCOCC2. The zero-order valence-electron chi connectivity index (χ0n) is 16.7. The first kappa shape index (κ1) is 21.0. The van der Waals surface area contributed by atoms with E-state index in [4.69, 9.17) is 4.74 Å². The summed E-state index contributed by atoms with van der Waals surface area (Å²) < 4.78 is 6.50. The molecule has 1 aliphatic heterocycles. The number of anilines is 1. The molecule has 2 aromatic heterocycles. The van der Waals surface area contributed by atoms with Crippen LogP contribution < -0.4 is 10.9 Å². The molecule has 0 unspecified atom stereocenters. The molecule has 11 heteroatoms. The quantitative estimate of drug-likeness (QED) is 0.480. The Morgan fingerprint density at radius 1 is 1.12 bits per heavy atom. The average Bonchev–Trinajstić information content (AvgIpc) is 3.05. The van der Waals surface area contributed by atoms with Gasteiger partial charge in [0, 0.05) is 48.3 Å². The Labute approximate surface area is 180 Å². The summed E-state index contributed by atoms with van der Waals surface area (Å²) in [6, 6.07) is 6.09. The first-order valence-corrected chi connectivity index (χ1v) is 9.68. The van der Waals surface area contributed by atoms with Crippen LogP contribution in [-0.4, -0.2) is 44.5 Å². The molecule has 0 bridgehead atoms. The normalized spacial score (nSPS) is 13.0. The average molecular weight is 435 g/mol. The van der Waals surface area contributed by atoms with E-state index in [1.54, 1.807) is 0 Å². The molecule has 0 aliphatic carbocycles. The fraction of sp³-hybridized carbons (Fsp3) is 0.190. The van der Waals surface area contributed by atoms with Gasteiger partial charge in [-0.15, -0.1) is 0 Å². The molecule has 32 heavy (non-hydrogen) atoms. The second-order valence-corrected chi connectivity index (χ2v) is 6.92. The summed E-state index contributed by atoms with van der Waals surface area (Å²) in [6.45, 7) is 0.595. The highest BCUT2D eigenvalue weighted by Gasteiger charge is 2.25. The number of amides is 1. The molecule has 0 fully saturated rings. The molecule has 1 amide bonds. The predicted molar refractivity (Wildman–Crippen MR) is 112 cm³/mol. The summed E-state index contributed by atoms with van der Waals surface area (Å²) >= 11 is 0. The van der Waals surface area contributed by atoms with Crippen molar-refractivity contribution in [3.05, 3.63) is 91.8 Å². The number of hydrogen-bond donors (Lipinski definition) is 1. The van der Waals surface area contributed by atoms with Gasteiger partial charge < -0.3 is 10.1 Å². The van der Waals surface area contributed by atoms with E-state index in [9.17, 15) is 24.5 Å². The zero-order valence-corrected chi connectivity index (χ0v) is 16.7. The van der Waals surface area contributed by atoms with Gasteiger partial charge >= 0.3 is 0 Å². The number of hydrogen-bond acceptors (Lipinski definition) is 8. The Morgan fingerprint density at radius 2 is 1.88 bits per heavy atom. The van der Waals surface area contributed by atoms with E-state index < -0.39 is 22.3 Å². The van der Waals surface area contributed by atoms with Crippen molar-refractivity contribution < 1.29 is 19.2 Å². The number of nitro benzene ring substituents is 1. The van der Waals surface area contributed by atoms with Crippen LogP contribution in [0.3, 0.4) is 0 Å². The maximum absolute atomic E-state index is 13.1. The van der Waals surface area contributed by atoms with Crippen LogP contribution in [0.4, 0.5) is 11.5 Å². The number of carbonyl (C=O) groups excluding carboxylic acids is 2. The number of rotatable bonds is 4. The summed E-state index contributed by atoms with van der Waals surface area (Å²) in [4.78, 5) is 57.2. The topological polar surface area (TPSA) is 146 Å². The molecule has 3 heterocycles. The molecule has 162 valence electrons. The number of nitro groups is 1. The third-order valence-electron chi connectivity index (χ3n) is 4.99. The molecular formula is C21H17N5O6. The molecule has 4 rings (SSSR count). The van der Waals surface area contributed by atoms with Gasteiger partial charge in [0.05, 0.1) is 29.9 Å². The van der Waals surface area contributed by atoms with Gasteiger partial charge in [-0.2, -0.15) is 0 Å². The lowest BCUT2D eigenvalue weighted by Gasteiger charge is -2.17. The summed E-state index contributed by atoms with van der Waals surface area (Å²) in [6.07, 6.45) is 4.83. The number of carbonyl (C=O) groups is 2. The summed E-state index contributed by atoms with van der Waals surface area (Å²) in [5.41, 5.74) is 0.299. The largest absolute Gasteiger partial charge is 0.381 e. The first-order chi connectivity index (χ1) is 15.5. The molecule has 0 atom stereocenters. The smallest absolute Gasteiger partial charge is 0.269 e.